The predicted molar refractivity (Wildman–Crippen MR) is 375 cm³/mol. The molecule has 0 aliphatic carbocycles. The average Bonchev–Trinajstić information content (AvgIpc) is 3.52. The van der Waals surface area contributed by atoms with Crippen molar-refractivity contribution >= 4 is 11.9 Å². The van der Waals surface area contributed by atoms with E-state index in [1.807, 2.05) is 0 Å². The number of aliphatic hydroxyl groups excluding tert-OH is 2. The van der Waals surface area contributed by atoms with Gasteiger partial charge in [0, 0.05) is 12.8 Å². The highest BCUT2D eigenvalue weighted by molar-refractivity contribution is 5.76. The topological polar surface area (TPSA) is 95.9 Å². The molecule has 0 aliphatic heterocycles. The SMILES string of the molecule is CCCCCCCCCCCCCCCCCCCCCC(=O)OCCCCCCCCCCCCCCC/C=C\C/C=C\CCCCCCCCCCCCCCCCCCCC(=O)NC(CO)C(O)CCCCCCCCCCCCCC. The molecule has 0 fully saturated rings. The van der Waals surface area contributed by atoms with Gasteiger partial charge in [-0.2, -0.15) is 0 Å². The number of nitrogens with one attached hydrogen (secondary N) is 1. The van der Waals surface area contributed by atoms with Crippen LogP contribution in [0.2, 0.25) is 0 Å². The molecule has 0 aromatic carbocycles. The highest BCUT2D eigenvalue weighted by atomic mass is 16.5. The van der Waals surface area contributed by atoms with Crippen LogP contribution in [0.15, 0.2) is 24.3 Å². The first kappa shape index (κ1) is 83.3. The lowest BCUT2D eigenvalue weighted by Crippen LogP contribution is -2.45. The summed E-state index contributed by atoms with van der Waals surface area (Å²) in [5.41, 5.74) is 0. The molecule has 0 aliphatic rings. The maximum Gasteiger partial charge on any atom is 0.305 e. The van der Waals surface area contributed by atoms with E-state index in [4.69, 9.17) is 4.74 Å². The summed E-state index contributed by atoms with van der Waals surface area (Å²) in [6.45, 7) is 4.99. The Hall–Kier alpha value is -1.66. The minimum Gasteiger partial charge on any atom is -0.466 e. The number of allylic oxidation sites excluding steroid dienone is 4. The Morgan fingerprint density at radius 2 is 0.588 bits per heavy atom. The Balaban J connectivity index is 3.32. The fourth-order valence-corrected chi connectivity index (χ4v) is 12.6. The van der Waals surface area contributed by atoms with E-state index in [0.29, 0.717) is 25.9 Å². The zero-order valence-corrected chi connectivity index (χ0v) is 57.9. The van der Waals surface area contributed by atoms with E-state index in [0.717, 1.165) is 44.9 Å². The fraction of sp³-hybridized carbons (Fsp3) is 0.924. The molecule has 0 heterocycles. The molecule has 6 heteroatoms. The van der Waals surface area contributed by atoms with Crippen LogP contribution in [0.3, 0.4) is 0 Å². The minimum absolute atomic E-state index is 0.0245. The van der Waals surface area contributed by atoms with Gasteiger partial charge in [-0.05, 0) is 57.8 Å². The van der Waals surface area contributed by atoms with Crippen LogP contribution >= 0.6 is 0 Å². The van der Waals surface area contributed by atoms with Crippen molar-refractivity contribution in [2.75, 3.05) is 13.2 Å². The first-order valence-corrected chi connectivity index (χ1v) is 39.1. The van der Waals surface area contributed by atoms with Crippen molar-refractivity contribution in [1.82, 2.24) is 5.32 Å². The maximum absolute atomic E-state index is 12.5. The zero-order chi connectivity index (χ0) is 61.3. The number of rotatable bonds is 74. The molecule has 504 valence electrons. The Bertz CT molecular complexity index is 1330. The van der Waals surface area contributed by atoms with E-state index < -0.39 is 12.1 Å². The van der Waals surface area contributed by atoms with Gasteiger partial charge in [0.25, 0.3) is 0 Å². The van der Waals surface area contributed by atoms with E-state index >= 15 is 0 Å². The summed E-state index contributed by atoms with van der Waals surface area (Å²) in [7, 11) is 0. The van der Waals surface area contributed by atoms with E-state index in [1.165, 1.54) is 366 Å². The van der Waals surface area contributed by atoms with Crippen molar-refractivity contribution in [3.63, 3.8) is 0 Å². The summed E-state index contributed by atoms with van der Waals surface area (Å²) < 4.78 is 5.52. The largest absolute Gasteiger partial charge is 0.466 e. The minimum atomic E-state index is -0.661. The number of aliphatic hydroxyl groups is 2. The second-order valence-corrected chi connectivity index (χ2v) is 27.0. The molecule has 0 spiro atoms. The Kier molecular flexibility index (Phi) is 73.3. The van der Waals surface area contributed by atoms with E-state index in [9.17, 15) is 19.8 Å². The third-order valence-corrected chi connectivity index (χ3v) is 18.5. The molecule has 0 saturated carbocycles. The molecule has 2 unspecified atom stereocenters. The number of carbonyl (C=O) groups is 2. The number of esters is 1. The molecular weight excluding hydrogens is 1040 g/mol. The van der Waals surface area contributed by atoms with Crippen molar-refractivity contribution < 1.29 is 24.5 Å². The molecule has 0 radical (unpaired) electrons. The van der Waals surface area contributed by atoms with E-state index in [1.54, 1.807) is 0 Å². The second kappa shape index (κ2) is 74.8. The molecule has 6 nitrogen and oxygen atoms in total. The van der Waals surface area contributed by atoms with Crippen molar-refractivity contribution in [1.29, 1.82) is 0 Å². The number of unbranched alkanes of at least 4 members (excludes halogenated alkanes) is 59. The van der Waals surface area contributed by atoms with Crippen LogP contribution in [0.4, 0.5) is 0 Å². The number of ether oxygens (including phenoxy) is 1. The molecule has 0 bridgehead atoms. The molecule has 0 aromatic rings. The molecule has 85 heavy (non-hydrogen) atoms. The number of hydrogen-bond donors (Lipinski definition) is 3. The first-order valence-electron chi connectivity index (χ1n) is 39.1. The van der Waals surface area contributed by atoms with Crippen LogP contribution in [0.25, 0.3) is 0 Å². The molecule has 0 aromatic heterocycles. The third-order valence-electron chi connectivity index (χ3n) is 18.5. The standard InChI is InChI=1S/C79H153NO5/c1-3-5-7-9-11-13-15-17-18-19-39-43-46-49-53-57-61-65-69-73-79(84)85-74-70-66-62-58-54-50-47-44-41-38-36-34-32-30-28-26-24-22-20-21-23-25-27-29-31-33-35-37-40-42-45-48-52-56-60-64-68-72-78(83)80-76(75-81)77(82)71-67-63-59-55-51-16-14-12-10-8-6-4-2/h20,22,26,28,76-77,81-82H,3-19,21,23-25,27,29-75H2,1-2H3,(H,80,83)/b22-20-,28-26-. The van der Waals surface area contributed by atoms with Gasteiger partial charge in [-0.3, -0.25) is 9.59 Å². The van der Waals surface area contributed by atoms with Crippen molar-refractivity contribution in [2.24, 2.45) is 0 Å². The predicted octanol–water partition coefficient (Wildman–Crippen LogP) is 25.7. The Labute approximate surface area is 532 Å². The molecular formula is C79H153NO5. The van der Waals surface area contributed by atoms with Crippen LogP contribution in [-0.2, 0) is 14.3 Å². The van der Waals surface area contributed by atoms with Crippen LogP contribution in [0.5, 0.6) is 0 Å². The van der Waals surface area contributed by atoms with Crippen molar-refractivity contribution in [3.8, 4) is 0 Å². The Morgan fingerprint density at radius 1 is 0.329 bits per heavy atom. The fourth-order valence-electron chi connectivity index (χ4n) is 12.6. The summed E-state index contributed by atoms with van der Waals surface area (Å²) in [6, 6.07) is -0.538. The van der Waals surface area contributed by atoms with Crippen LogP contribution in [0.1, 0.15) is 444 Å². The quantitative estimate of drug-likeness (QED) is 0.0320. The lowest BCUT2D eigenvalue weighted by atomic mass is 10.0. The van der Waals surface area contributed by atoms with Gasteiger partial charge >= 0.3 is 5.97 Å². The molecule has 0 rings (SSSR count). The van der Waals surface area contributed by atoms with Gasteiger partial charge < -0.3 is 20.3 Å². The van der Waals surface area contributed by atoms with Crippen molar-refractivity contribution in [2.45, 2.75) is 456 Å². The monoisotopic (exact) mass is 1200 g/mol. The maximum atomic E-state index is 12.5. The molecule has 1 amide bonds. The van der Waals surface area contributed by atoms with E-state index in [-0.39, 0.29) is 18.5 Å². The van der Waals surface area contributed by atoms with Crippen molar-refractivity contribution in [3.05, 3.63) is 24.3 Å². The zero-order valence-electron chi connectivity index (χ0n) is 57.9. The molecule has 3 N–H and O–H groups in total. The van der Waals surface area contributed by atoms with Crippen LogP contribution in [0, 0.1) is 0 Å². The third kappa shape index (κ3) is 71.3. The number of hydrogen-bond acceptors (Lipinski definition) is 5. The summed E-state index contributed by atoms with van der Waals surface area (Å²) in [4.78, 5) is 24.6. The van der Waals surface area contributed by atoms with E-state index in [2.05, 4.69) is 43.5 Å². The smallest absolute Gasteiger partial charge is 0.305 e. The normalized spacial score (nSPS) is 12.6. The number of carbonyl (C=O) groups excluding carboxylic acids is 2. The number of amides is 1. The summed E-state index contributed by atoms with van der Waals surface area (Å²) in [5.74, 6) is -0.00584. The van der Waals surface area contributed by atoms with Gasteiger partial charge in [-0.25, -0.2) is 0 Å². The van der Waals surface area contributed by atoms with Gasteiger partial charge in [0.1, 0.15) is 0 Å². The lowest BCUT2D eigenvalue weighted by molar-refractivity contribution is -0.143. The second-order valence-electron chi connectivity index (χ2n) is 27.0. The first-order chi connectivity index (χ1) is 42.0. The van der Waals surface area contributed by atoms with Gasteiger partial charge in [-0.15, -0.1) is 0 Å². The van der Waals surface area contributed by atoms with Gasteiger partial charge in [0.2, 0.25) is 5.91 Å². The summed E-state index contributed by atoms with van der Waals surface area (Å²) in [5, 5.41) is 23.3. The van der Waals surface area contributed by atoms with Gasteiger partial charge in [0.15, 0.2) is 0 Å². The average molecular weight is 1200 g/mol. The van der Waals surface area contributed by atoms with Crippen LogP contribution in [-0.4, -0.2) is 47.4 Å². The Morgan fingerprint density at radius 3 is 0.894 bits per heavy atom. The lowest BCUT2D eigenvalue weighted by Gasteiger charge is -2.22. The van der Waals surface area contributed by atoms with Gasteiger partial charge in [0.05, 0.1) is 25.4 Å². The highest BCUT2D eigenvalue weighted by Gasteiger charge is 2.20. The summed E-state index contributed by atoms with van der Waals surface area (Å²) in [6.07, 6.45) is 95.6. The molecule has 2 atom stereocenters. The van der Waals surface area contributed by atoms with Crippen LogP contribution < -0.4 is 5.32 Å². The molecule has 0 saturated heterocycles. The summed E-state index contributed by atoms with van der Waals surface area (Å²) >= 11 is 0. The van der Waals surface area contributed by atoms with Gasteiger partial charge in [-0.1, -0.05) is 398 Å². The highest BCUT2D eigenvalue weighted by Crippen LogP contribution is 2.20.